The lowest BCUT2D eigenvalue weighted by Gasteiger charge is -2.04. The summed E-state index contributed by atoms with van der Waals surface area (Å²) in [6.07, 6.45) is 1.18. The highest BCUT2D eigenvalue weighted by molar-refractivity contribution is 8.14. The van der Waals surface area contributed by atoms with Gasteiger partial charge in [-0.05, 0) is 12.5 Å². The third-order valence-electron chi connectivity index (χ3n) is 2.16. The number of thioether (sulfide) groups is 4. The van der Waals surface area contributed by atoms with E-state index in [1.807, 2.05) is 23.5 Å². The first-order valence-electron chi connectivity index (χ1n) is 6.83. The Labute approximate surface area is 151 Å². The van der Waals surface area contributed by atoms with Crippen molar-refractivity contribution >= 4 is 62.2 Å². The minimum atomic E-state index is -3.05. The lowest BCUT2D eigenvalue weighted by Crippen LogP contribution is -2.24. The monoisotopic (exact) mass is 403 g/mol. The van der Waals surface area contributed by atoms with Gasteiger partial charge < -0.3 is 0 Å². The minimum absolute atomic E-state index is 0.0948. The van der Waals surface area contributed by atoms with E-state index in [4.69, 9.17) is 0 Å². The molecule has 4 nitrogen and oxygen atoms in total. The number of nitrogens with one attached hydrogen (secondary N) is 1. The number of hydrogen-bond donors (Lipinski definition) is 1. The second kappa shape index (κ2) is 14.1. The summed E-state index contributed by atoms with van der Waals surface area (Å²) in [6.45, 7) is 5.88. The molecular weight excluding hydrogens is 378 g/mol. The number of carbonyl (C=O) groups is 1. The summed E-state index contributed by atoms with van der Waals surface area (Å²) in [5.74, 6) is 7.02. The zero-order valence-electron chi connectivity index (χ0n) is 13.1. The first-order chi connectivity index (χ1) is 10.3. The van der Waals surface area contributed by atoms with Gasteiger partial charge in [0.05, 0.1) is 6.26 Å². The van der Waals surface area contributed by atoms with Gasteiger partial charge in [0.25, 0.3) is 0 Å². The van der Waals surface area contributed by atoms with Gasteiger partial charge in [-0.15, -0.1) is 0 Å². The Hall–Kier alpha value is 0.720. The van der Waals surface area contributed by atoms with E-state index in [-0.39, 0.29) is 5.12 Å². The van der Waals surface area contributed by atoms with Crippen LogP contribution in [0, 0.1) is 0 Å². The SMILES string of the molecule is C=C(C)C(=O)SCCSCCSCCSCCNS(C)(=O)=O. The van der Waals surface area contributed by atoms with Gasteiger partial charge in [-0.1, -0.05) is 18.3 Å². The summed E-state index contributed by atoms with van der Waals surface area (Å²) >= 11 is 6.91. The molecule has 0 fully saturated rings. The number of carbonyl (C=O) groups excluding carboxylic acids is 1. The third-order valence-corrected chi connectivity index (χ3v) is 7.64. The van der Waals surface area contributed by atoms with Crippen LogP contribution in [0.25, 0.3) is 0 Å². The first-order valence-corrected chi connectivity index (χ1v) is 13.2. The van der Waals surface area contributed by atoms with Gasteiger partial charge in [-0.25, -0.2) is 13.1 Å². The summed E-state index contributed by atoms with van der Waals surface area (Å²) < 4.78 is 24.1. The van der Waals surface area contributed by atoms with Crippen molar-refractivity contribution in [3.63, 3.8) is 0 Å². The fourth-order valence-corrected chi connectivity index (χ4v) is 5.74. The van der Waals surface area contributed by atoms with Crippen LogP contribution in [0.15, 0.2) is 12.2 Å². The molecule has 22 heavy (non-hydrogen) atoms. The summed E-state index contributed by atoms with van der Waals surface area (Å²) in [7, 11) is -3.05. The minimum Gasteiger partial charge on any atom is -0.282 e. The Morgan fingerprint density at radius 3 is 1.86 bits per heavy atom. The van der Waals surface area contributed by atoms with Crippen molar-refractivity contribution in [3.8, 4) is 0 Å². The third kappa shape index (κ3) is 17.1. The molecule has 0 aliphatic rings. The van der Waals surface area contributed by atoms with Gasteiger partial charge in [-0.2, -0.15) is 35.3 Å². The molecular formula is C13H25NO3S5. The van der Waals surface area contributed by atoms with E-state index in [0.29, 0.717) is 12.1 Å². The van der Waals surface area contributed by atoms with Crippen molar-refractivity contribution in [3.05, 3.63) is 12.2 Å². The van der Waals surface area contributed by atoms with Gasteiger partial charge >= 0.3 is 0 Å². The summed E-state index contributed by atoms with van der Waals surface area (Å²) in [5, 5.41) is 0.0948. The summed E-state index contributed by atoms with van der Waals surface area (Å²) in [5.41, 5.74) is 0.620. The van der Waals surface area contributed by atoms with Crippen molar-refractivity contribution in [1.82, 2.24) is 4.72 Å². The maximum absolute atomic E-state index is 11.3. The maximum Gasteiger partial charge on any atom is 0.214 e. The Kier molecular flexibility index (Phi) is 14.6. The first kappa shape index (κ1) is 22.7. The van der Waals surface area contributed by atoms with Gasteiger partial charge in [0.15, 0.2) is 0 Å². The van der Waals surface area contributed by atoms with E-state index in [2.05, 4.69) is 11.3 Å². The molecule has 0 bridgehead atoms. The highest BCUT2D eigenvalue weighted by Crippen LogP contribution is 2.14. The molecule has 0 aromatic carbocycles. The number of hydrogen-bond acceptors (Lipinski definition) is 7. The van der Waals surface area contributed by atoms with E-state index in [9.17, 15) is 13.2 Å². The van der Waals surface area contributed by atoms with Gasteiger partial charge in [-0.3, -0.25) is 4.79 Å². The molecule has 0 aliphatic carbocycles. The molecule has 0 rings (SSSR count). The summed E-state index contributed by atoms with van der Waals surface area (Å²) in [4.78, 5) is 11.3. The molecule has 9 heteroatoms. The molecule has 0 spiro atoms. The van der Waals surface area contributed by atoms with Crippen molar-refractivity contribution in [2.24, 2.45) is 0 Å². The molecule has 0 saturated carbocycles. The lowest BCUT2D eigenvalue weighted by molar-refractivity contribution is -0.107. The van der Waals surface area contributed by atoms with Crippen molar-refractivity contribution in [2.75, 3.05) is 53.1 Å². The molecule has 0 aliphatic heterocycles. The van der Waals surface area contributed by atoms with Crippen molar-refractivity contribution in [2.45, 2.75) is 6.92 Å². The Morgan fingerprint density at radius 1 is 0.955 bits per heavy atom. The molecule has 1 N–H and O–H groups in total. The lowest BCUT2D eigenvalue weighted by atomic mass is 10.4. The smallest absolute Gasteiger partial charge is 0.214 e. The van der Waals surface area contributed by atoms with E-state index in [0.717, 1.165) is 40.3 Å². The fourth-order valence-electron chi connectivity index (χ4n) is 1.16. The highest BCUT2D eigenvalue weighted by Gasteiger charge is 2.02. The Bertz CT molecular complexity index is 425. The number of sulfonamides is 1. The maximum atomic E-state index is 11.3. The van der Waals surface area contributed by atoms with Crippen LogP contribution < -0.4 is 4.72 Å². The van der Waals surface area contributed by atoms with Crippen LogP contribution in [-0.2, 0) is 14.8 Å². The molecule has 130 valence electrons. The van der Waals surface area contributed by atoms with Crippen LogP contribution in [0.5, 0.6) is 0 Å². The topological polar surface area (TPSA) is 63.2 Å². The standard InChI is InChI=1S/C13H25NO3S5/c1-12(2)13(15)21-11-10-20-9-8-19-7-6-18-5-4-14-22(3,16)17/h14H,1,4-11H2,2-3H3. The zero-order valence-corrected chi connectivity index (χ0v) is 17.2. The van der Waals surface area contributed by atoms with Crippen LogP contribution in [0.3, 0.4) is 0 Å². The molecule has 0 aromatic rings. The van der Waals surface area contributed by atoms with Gasteiger partial charge in [0.2, 0.25) is 15.1 Å². The van der Waals surface area contributed by atoms with E-state index < -0.39 is 10.0 Å². The largest absolute Gasteiger partial charge is 0.282 e. The fraction of sp³-hybridized carbons (Fsp3) is 0.769. The van der Waals surface area contributed by atoms with Crippen molar-refractivity contribution in [1.29, 1.82) is 0 Å². The molecule has 0 heterocycles. The average Bonchev–Trinajstić information content (AvgIpc) is 2.42. The van der Waals surface area contributed by atoms with Crippen LogP contribution >= 0.6 is 47.0 Å². The zero-order chi connectivity index (χ0) is 16.8. The van der Waals surface area contributed by atoms with Crippen LogP contribution in [0.2, 0.25) is 0 Å². The van der Waals surface area contributed by atoms with E-state index >= 15 is 0 Å². The van der Waals surface area contributed by atoms with E-state index in [1.165, 1.54) is 18.0 Å². The predicted molar refractivity (Wildman–Crippen MR) is 107 cm³/mol. The molecule has 0 unspecified atom stereocenters. The summed E-state index contributed by atoms with van der Waals surface area (Å²) in [6, 6.07) is 0. The van der Waals surface area contributed by atoms with Crippen LogP contribution in [-0.4, -0.2) is 66.6 Å². The van der Waals surface area contributed by atoms with Crippen LogP contribution in [0.1, 0.15) is 6.92 Å². The Balaban J connectivity index is 3.18. The van der Waals surface area contributed by atoms with Crippen LogP contribution in [0.4, 0.5) is 0 Å². The predicted octanol–water partition coefficient (Wildman–Crippen LogP) is 2.57. The van der Waals surface area contributed by atoms with E-state index in [1.54, 1.807) is 18.7 Å². The molecule has 0 radical (unpaired) electrons. The molecule has 0 saturated heterocycles. The normalized spacial score (nSPS) is 11.5. The second-order valence-corrected chi connectivity index (χ2v) is 11.0. The Morgan fingerprint density at radius 2 is 1.41 bits per heavy atom. The average molecular weight is 404 g/mol. The molecule has 0 atom stereocenters. The van der Waals surface area contributed by atoms with Crippen molar-refractivity contribution < 1.29 is 13.2 Å². The molecule has 0 aromatic heterocycles. The van der Waals surface area contributed by atoms with Gasteiger partial charge in [0.1, 0.15) is 0 Å². The van der Waals surface area contributed by atoms with Gasteiger partial charge in [0, 0.05) is 46.8 Å². The second-order valence-electron chi connectivity index (χ2n) is 4.42. The number of rotatable bonds is 14. The molecule has 0 amide bonds. The quantitative estimate of drug-likeness (QED) is 0.353. The highest BCUT2D eigenvalue weighted by atomic mass is 32.2.